The third kappa shape index (κ3) is 5.86. The van der Waals surface area contributed by atoms with E-state index in [1.54, 1.807) is 0 Å². The molecule has 1 atom stereocenters. The van der Waals surface area contributed by atoms with Crippen LogP contribution in [0.1, 0.15) is 28.9 Å². The molecule has 4 rings (SSSR count). The maximum absolute atomic E-state index is 13.6. The second-order valence-corrected chi connectivity index (χ2v) is 10.9. The van der Waals surface area contributed by atoms with Gasteiger partial charge in [0.25, 0.3) is 12.3 Å². The number of alkyl halides is 5. The number of likely N-dealkylation sites (tertiary alicyclic amines) is 1. The molecular formula is C22H21F6N5O6S. The number of nitrogens with zero attached hydrogens (tertiary/aromatic N) is 2. The molecule has 0 saturated carbocycles. The van der Waals surface area contributed by atoms with E-state index < -0.39 is 87.6 Å². The topological polar surface area (TPSA) is 139 Å². The number of halogens is 6. The van der Waals surface area contributed by atoms with Crippen molar-refractivity contribution >= 4 is 33.4 Å². The third-order valence-corrected chi connectivity index (χ3v) is 7.80. The number of nitrogens with one attached hydrogen (secondary N) is 3. The molecule has 1 fully saturated rings. The summed E-state index contributed by atoms with van der Waals surface area (Å²) in [5.74, 6) is -5.37. The number of benzene rings is 1. The van der Waals surface area contributed by atoms with Crippen molar-refractivity contribution in [1.29, 1.82) is 0 Å². The van der Waals surface area contributed by atoms with E-state index in [1.165, 1.54) is 12.4 Å². The normalized spacial score (nSPS) is 20.1. The highest BCUT2D eigenvalue weighted by atomic mass is 32.2. The van der Waals surface area contributed by atoms with Gasteiger partial charge in [0.2, 0.25) is 10.0 Å². The van der Waals surface area contributed by atoms with E-state index in [0.717, 1.165) is 33.9 Å². The molecule has 0 bridgehead atoms. The average Bonchev–Trinajstić information content (AvgIpc) is 3.39. The van der Waals surface area contributed by atoms with Crippen molar-refractivity contribution in [1.82, 2.24) is 19.5 Å². The molecule has 1 saturated heterocycles. The smallest absolute Gasteiger partial charge is 0.405 e. The highest BCUT2D eigenvalue weighted by Crippen LogP contribution is 2.37. The zero-order valence-corrected chi connectivity index (χ0v) is 21.3. The number of ether oxygens (including phenoxy) is 1. The van der Waals surface area contributed by atoms with Crippen LogP contribution in [0.3, 0.4) is 0 Å². The van der Waals surface area contributed by atoms with E-state index in [9.17, 15) is 49.1 Å². The molecule has 218 valence electrons. The van der Waals surface area contributed by atoms with Crippen LogP contribution in [0.5, 0.6) is 5.75 Å². The van der Waals surface area contributed by atoms with Crippen molar-refractivity contribution in [3.63, 3.8) is 0 Å². The van der Waals surface area contributed by atoms with Gasteiger partial charge in [0.15, 0.2) is 11.4 Å². The standard InChI is InChI=1S/C22H21F6N5O6S/c1-32-7-14-16(15(32)18(34)30-11-2-3-13(23)12(6-11)17(24)25)39-10-21(31-40(14,37)38)4-5-33(9-21)20(36)19(35)29-8-22(26,27)28/h2-3,6-7,17,31H,4-5,8-10H2,1H3,(H,29,35)(H,30,34). The van der Waals surface area contributed by atoms with Gasteiger partial charge >= 0.3 is 18.0 Å². The molecule has 3 N–H and O–H groups in total. The fourth-order valence-electron chi connectivity index (χ4n) is 4.38. The van der Waals surface area contributed by atoms with Crippen molar-refractivity contribution in [3.8, 4) is 5.75 Å². The molecule has 2 aromatic rings. The van der Waals surface area contributed by atoms with E-state index in [-0.39, 0.29) is 24.3 Å². The largest absolute Gasteiger partial charge is 0.488 e. The van der Waals surface area contributed by atoms with Gasteiger partial charge in [0.05, 0.1) is 11.1 Å². The Labute approximate surface area is 222 Å². The Morgan fingerprint density at radius 2 is 1.93 bits per heavy atom. The van der Waals surface area contributed by atoms with Crippen LogP contribution in [0.25, 0.3) is 0 Å². The molecular weight excluding hydrogens is 576 g/mol. The number of amides is 3. The van der Waals surface area contributed by atoms with Crippen molar-refractivity contribution in [2.45, 2.75) is 29.5 Å². The van der Waals surface area contributed by atoms with Crippen LogP contribution in [0.15, 0.2) is 29.3 Å². The molecule has 3 heterocycles. The van der Waals surface area contributed by atoms with Crippen LogP contribution in [-0.2, 0) is 26.7 Å². The molecule has 0 radical (unpaired) electrons. The Morgan fingerprint density at radius 3 is 2.58 bits per heavy atom. The molecule has 40 heavy (non-hydrogen) atoms. The van der Waals surface area contributed by atoms with Crippen LogP contribution in [0.4, 0.5) is 32.0 Å². The lowest BCUT2D eigenvalue weighted by molar-refractivity contribution is -0.150. The number of hydrogen-bond donors (Lipinski definition) is 3. The fraction of sp³-hybridized carbons (Fsp3) is 0.409. The summed E-state index contributed by atoms with van der Waals surface area (Å²) in [6.07, 6.45) is -6.92. The maximum Gasteiger partial charge on any atom is 0.405 e. The van der Waals surface area contributed by atoms with Crippen molar-refractivity contribution < 1.29 is 53.9 Å². The van der Waals surface area contributed by atoms with Gasteiger partial charge in [-0.25, -0.2) is 21.6 Å². The molecule has 3 amide bonds. The number of sulfonamides is 1. The van der Waals surface area contributed by atoms with Gasteiger partial charge in [0, 0.05) is 32.0 Å². The van der Waals surface area contributed by atoms with Gasteiger partial charge in [-0.15, -0.1) is 0 Å². The third-order valence-electron chi connectivity index (χ3n) is 6.22. The fourth-order valence-corrected chi connectivity index (χ4v) is 5.98. The van der Waals surface area contributed by atoms with E-state index in [1.807, 2.05) is 0 Å². The van der Waals surface area contributed by atoms with E-state index in [2.05, 4.69) is 10.0 Å². The van der Waals surface area contributed by atoms with Gasteiger partial charge in [0.1, 0.15) is 23.9 Å². The summed E-state index contributed by atoms with van der Waals surface area (Å²) in [5, 5.41) is 3.74. The maximum atomic E-state index is 13.6. The summed E-state index contributed by atoms with van der Waals surface area (Å²) >= 11 is 0. The van der Waals surface area contributed by atoms with Crippen LogP contribution < -0.4 is 20.1 Å². The Kier molecular flexibility index (Phi) is 7.52. The van der Waals surface area contributed by atoms with Crippen molar-refractivity contribution in [2.24, 2.45) is 7.05 Å². The predicted octanol–water partition coefficient (Wildman–Crippen LogP) is 1.67. The number of hydrogen-bond acceptors (Lipinski definition) is 6. The average molecular weight is 597 g/mol. The molecule has 18 heteroatoms. The monoisotopic (exact) mass is 597 g/mol. The summed E-state index contributed by atoms with van der Waals surface area (Å²) in [7, 11) is -3.09. The lowest BCUT2D eigenvalue weighted by Crippen LogP contribution is -2.54. The Morgan fingerprint density at radius 1 is 1.23 bits per heavy atom. The van der Waals surface area contributed by atoms with Gasteiger partial charge in [-0.3, -0.25) is 14.4 Å². The SMILES string of the molecule is Cn1cc2c(c1C(=O)Nc1ccc(F)c(C(F)F)c1)OCC1(CCN(C(=O)C(=O)NCC(F)(F)F)C1)NS2(=O)=O. The summed E-state index contributed by atoms with van der Waals surface area (Å²) < 4.78 is 112. The van der Waals surface area contributed by atoms with Gasteiger partial charge in [-0.1, -0.05) is 0 Å². The zero-order chi connectivity index (χ0) is 29.6. The molecule has 2 aliphatic heterocycles. The lowest BCUT2D eigenvalue weighted by Gasteiger charge is -2.27. The van der Waals surface area contributed by atoms with E-state index >= 15 is 0 Å². The quantitative estimate of drug-likeness (QED) is 0.362. The van der Waals surface area contributed by atoms with Gasteiger partial charge < -0.3 is 24.8 Å². The first-order valence-electron chi connectivity index (χ1n) is 11.4. The number of carbonyl (C=O) groups is 3. The van der Waals surface area contributed by atoms with Crippen LogP contribution >= 0.6 is 0 Å². The first kappa shape index (κ1) is 29.2. The number of fused-ring (bicyclic) bond motifs is 1. The van der Waals surface area contributed by atoms with E-state index in [4.69, 9.17) is 4.74 Å². The predicted molar refractivity (Wildman–Crippen MR) is 124 cm³/mol. The van der Waals surface area contributed by atoms with Crippen molar-refractivity contribution in [2.75, 3.05) is 31.6 Å². The second-order valence-electron chi connectivity index (χ2n) is 9.22. The second kappa shape index (κ2) is 10.3. The van der Waals surface area contributed by atoms with E-state index in [0.29, 0.717) is 0 Å². The summed E-state index contributed by atoms with van der Waals surface area (Å²) in [4.78, 5) is 37.7. The number of rotatable bonds is 4. The lowest BCUT2D eigenvalue weighted by atomic mass is 10.0. The van der Waals surface area contributed by atoms with Gasteiger partial charge in [-0.2, -0.15) is 17.9 Å². The molecule has 2 aliphatic rings. The Balaban J connectivity index is 1.54. The van der Waals surface area contributed by atoms with Gasteiger partial charge in [-0.05, 0) is 24.6 Å². The molecule has 11 nitrogen and oxygen atoms in total. The molecule has 1 spiro atoms. The molecule has 0 aliphatic carbocycles. The molecule has 1 aromatic carbocycles. The summed E-state index contributed by atoms with van der Waals surface area (Å²) in [6.45, 7) is -2.78. The van der Waals surface area contributed by atoms with Crippen LogP contribution in [-0.4, -0.2) is 73.6 Å². The zero-order valence-electron chi connectivity index (χ0n) is 20.4. The Hall–Kier alpha value is -3.80. The van der Waals surface area contributed by atoms with Crippen molar-refractivity contribution in [3.05, 3.63) is 41.5 Å². The summed E-state index contributed by atoms with van der Waals surface area (Å²) in [6, 6.07) is 2.49. The molecule has 1 aromatic heterocycles. The number of carbonyl (C=O) groups excluding carboxylic acids is 3. The first-order chi connectivity index (χ1) is 18.5. The summed E-state index contributed by atoms with van der Waals surface area (Å²) in [5.41, 5.74) is -2.96. The minimum Gasteiger partial charge on any atom is -0.488 e. The highest BCUT2D eigenvalue weighted by Gasteiger charge is 2.48. The number of anilines is 1. The first-order valence-corrected chi connectivity index (χ1v) is 12.9. The minimum atomic E-state index is -4.74. The van der Waals surface area contributed by atoms with Crippen LogP contribution in [0, 0.1) is 5.82 Å². The number of aryl methyl sites for hydroxylation is 1. The molecule has 1 unspecified atom stereocenters. The number of aromatic nitrogens is 1. The highest BCUT2D eigenvalue weighted by molar-refractivity contribution is 7.89. The Bertz CT molecular complexity index is 1480. The minimum absolute atomic E-state index is 0.0750. The van der Waals surface area contributed by atoms with Crippen LogP contribution in [0.2, 0.25) is 0 Å².